The maximum absolute atomic E-state index is 11.1. The number of hydrogen-bond donors (Lipinski definition) is 0. The van der Waals surface area contributed by atoms with Crippen molar-refractivity contribution >= 4 is 11.5 Å². The van der Waals surface area contributed by atoms with E-state index < -0.39 is 0 Å². The Kier molecular flexibility index (Phi) is 1.73. The lowest BCUT2D eigenvalue weighted by Crippen LogP contribution is -2.01. The SMILES string of the molecule is COC(=O)c1ccn2cncc2c1. The van der Waals surface area contributed by atoms with Crippen molar-refractivity contribution < 1.29 is 9.53 Å². The van der Waals surface area contributed by atoms with E-state index in [1.54, 1.807) is 30.9 Å². The summed E-state index contributed by atoms with van der Waals surface area (Å²) in [5.74, 6) is -0.330. The minimum atomic E-state index is -0.330. The fourth-order valence-electron chi connectivity index (χ4n) is 1.16. The van der Waals surface area contributed by atoms with Crippen LogP contribution in [0.3, 0.4) is 0 Å². The Labute approximate surface area is 74.8 Å². The number of ether oxygens (including phenoxy) is 1. The second-order valence-corrected chi connectivity index (χ2v) is 2.63. The summed E-state index contributed by atoms with van der Waals surface area (Å²) in [5, 5.41) is 0. The molecule has 0 saturated carbocycles. The second-order valence-electron chi connectivity index (χ2n) is 2.63. The average molecular weight is 176 g/mol. The summed E-state index contributed by atoms with van der Waals surface area (Å²) < 4.78 is 6.42. The van der Waals surface area contributed by atoms with Gasteiger partial charge in [-0.3, -0.25) is 0 Å². The number of methoxy groups -OCH3 is 1. The van der Waals surface area contributed by atoms with E-state index >= 15 is 0 Å². The zero-order chi connectivity index (χ0) is 9.26. The van der Waals surface area contributed by atoms with Crippen molar-refractivity contribution in [1.82, 2.24) is 9.38 Å². The number of aromatic nitrogens is 2. The molecular weight excluding hydrogens is 168 g/mol. The van der Waals surface area contributed by atoms with E-state index in [1.807, 2.05) is 4.40 Å². The summed E-state index contributed by atoms with van der Waals surface area (Å²) in [7, 11) is 1.36. The van der Waals surface area contributed by atoms with Gasteiger partial charge in [-0.1, -0.05) is 0 Å². The third-order valence-corrected chi connectivity index (χ3v) is 1.84. The predicted octanol–water partition coefficient (Wildman–Crippen LogP) is 1.12. The van der Waals surface area contributed by atoms with E-state index in [-0.39, 0.29) is 5.97 Å². The molecule has 0 aromatic carbocycles. The van der Waals surface area contributed by atoms with Crippen LogP contribution in [0.2, 0.25) is 0 Å². The number of rotatable bonds is 1. The number of fused-ring (bicyclic) bond motifs is 1. The summed E-state index contributed by atoms with van der Waals surface area (Å²) in [6, 6.07) is 3.43. The smallest absolute Gasteiger partial charge is 0.337 e. The molecule has 2 aromatic heterocycles. The van der Waals surface area contributed by atoms with Crippen molar-refractivity contribution in [2.24, 2.45) is 0 Å². The van der Waals surface area contributed by atoms with Crippen LogP contribution in [0.5, 0.6) is 0 Å². The predicted molar refractivity (Wildman–Crippen MR) is 46.5 cm³/mol. The summed E-state index contributed by atoms with van der Waals surface area (Å²) >= 11 is 0. The Balaban J connectivity index is 2.54. The molecule has 2 heterocycles. The van der Waals surface area contributed by atoms with Crippen molar-refractivity contribution in [1.29, 1.82) is 0 Å². The molecule has 0 bridgehead atoms. The van der Waals surface area contributed by atoms with Crippen LogP contribution >= 0.6 is 0 Å². The first-order valence-electron chi connectivity index (χ1n) is 3.81. The van der Waals surface area contributed by atoms with Crippen LogP contribution in [0.1, 0.15) is 10.4 Å². The van der Waals surface area contributed by atoms with Crippen molar-refractivity contribution in [3.63, 3.8) is 0 Å². The number of carbonyl (C=O) groups excluding carboxylic acids is 1. The minimum Gasteiger partial charge on any atom is -0.465 e. The lowest BCUT2D eigenvalue weighted by molar-refractivity contribution is 0.0601. The third-order valence-electron chi connectivity index (χ3n) is 1.84. The third kappa shape index (κ3) is 1.26. The molecule has 0 amide bonds. The van der Waals surface area contributed by atoms with Crippen molar-refractivity contribution in [2.75, 3.05) is 7.11 Å². The molecule has 2 aromatic rings. The molecule has 0 saturated heterocycles. The van der Waals surface area contributed by atoms with Gasteiger partial charge in [0, 0.05) is 6.20 Å². The fraction of sp³-hybridized carbons (Fsp3) is 0.111. The van der Waals surface area contributed by atoms with Crippen LogP contribution in [0, 0.1) is 0 Å². The summed E-state index contributed by atoms with van der Waals surface area (Å²) in [6.45, 7) is 0. The lowest BCUT2D eigenvalue weighted by atomic mass is 10.2. The fourth-order valence-corrected chi connectivity index (χ4v) is 1.16. The van der Waals surface area contributed by atoms with E-state index in [4.69, 9.17) is 0 Å². The molecule has 0 unspecified atom stereocenters. The second kappa shape index (κ2) is 2.90. The maximum Gasteiger partial charge on any atom is 0.337 e. The van der Waals surface area contributed by atoms with Crippen LogP contribution in [-0.2, 0) is 4.74 Å². The molecule has 66 valence electrons. The monoisotopic (exact) mass is 176 g/mol. The highest BCUT2D eigenvalue weighted by Crippen LogP contribution is 2.07. The van der Waals surface area contributed by atoms with Gasteiger partial charge in [0.1, 0.15) is 0 Å². The molecule has 0 fully saturated rings. The Morgan fingerprint density at radius 3 is 3.23 bits per heavy atom. The first kappa shape index (κ1) is 7.79. The van der Waals surface area contributed by atoms with Gasteiger partial charge in [0.25, 0.3) is 0 Å². The zero-order valence-electron chi connectivity index (χ0n) is 7.10. The Hall–Kier alpha value is -1.84. The van der Waals surface area contributed by atoms with Gasteiger partial charge >= 0.3 is 5.97 Å². The first-order chi connectivity index (χ1) is 6.31. The van der Waals surface area contributed by atoms with E-state index in [0.717, 1.165) is 5.52 Å². The van der Waals surface area contributed by atoms with Gasteiger partial charge in [-0.25, -0.2) is 9.78 Å². The largest absolute Gasteiger partial charge is 0.465 e. The van der Waals surface area contributed by atoms with Gasteiger partial charge < -0.3 is 9.14 Å². The number of esters is 1. The molecule has 4 nitrogen and oxygen atoms in total. The molecule has 0 spiro atoms. The van der Waals surface area contributed by atoms with Gasteiger partial charge in [-0.2, -0.15) is 0 Å². The van der Waals surface area contributed by atoms with Crippen LogP contribution in [0.25, 0.3) is 5.52 Å². The normalized spacial score (nSPS) is 10.2. The van der Waals surface area contributed by atoms with Crippen LogP contribution in [-0.4, -0.2) is 22.5 Å². The van der Waals surface area contributed by atoms with Gasteiger partial charge in [-0.15, -0.1) is 0 Å². The molecule has 13 heavy (non-hydrogen) atoms. The van der Waals surface area contributed by atoms with Crippen molar-refractivity contribution in [2.45, 2.75) is 0 Å². The first-order valence-corrected chi connectivity index (χ1v) is 3.81. The average Bonchev–Trinajstić information content (AvgIpc) is 2.63. The van der Waals surface area contributed by atoms with Gasteiger partial charge in [-0.05, 0) is 12.1 Å². The zero-order valence-corrected chi connectivity index (χ0v) is 7.10. The van der Waals surface area contributed by atoms with E-state index in [1.165, 1.54) is 7.11 Å². The molecule has 2 rings (SSSR count). The highest BCUT2D eigenvalue weighted by Gasteiger charge is 2.05. The molecule has 0 radical (unpaired) electrons. The number of carbonyl (C=O) groups is 1. The molecule has 4 heteroatoms. The molecule has 0 N–H and O–H groups in total. The number of imidazole rings is 1. The van der Waals surface area contributed by atoms with Crippen molar-refractivity contribution in [3.05, 3.63) is 36.4 Å². The summed E-state index contributed by atoms with van der Waals surface area (Å²) in [4.78, 5) is 15.1. The topological polar surface area (TPSA) is 43.6 Å². The molecule has 0 aliphatic carbocycles. The van der Waals surface area contributed by atoms with Crippen molar-refractivity contribution in [3.8, 4) is 0 Å². The highest BCUT2D eigenvalue weighted by molar-refractivity contribution is 5.90. The number of pyridine rings is 1. The minimum absolute atomic E-state index is 0.330. The molecule has 0 aliphatic rings. The quantitative estimate of drug-likeness (QED) is 0.611. The van der Waals surface area contributed by atoms with E-state index in [9.17, 15) is 4.79 Å². The molecule has 0 aliphatic heterocycles. The van der Waals surface area contributed by atoms with Gasteiger partial charge in [0.2, 0.25) is 0 Å². The Morgan fingerprint density at radius 1 is 1.62 bits per heavy atom. The number of hydrogen-bond acceptors (Lipinski definition) is 3. The Bertz CT molecular complexity index is 448. The number of nitrogens with zero attached hydrogens (tertiary/aromatic N) is 2. The van der Waals surface area contributed by atoms with Gasteiger partial charge in [0.15, 0.2) is 0 Å². The van der Waals surface area contributed by atoms with Gasteiger partial charge in [0.05, 0.1) is 30.7 Å². The molecule has 0 atom stereocenters. The standard InChI is InChI=1S/C9H8N2O2/c1-13-9(12)7-2-3-11-6-10-5-8(11)4-7/h2-6H,1H3. The van der Waals surface area contributed by atoms with E-state index in [0.29, 0.717) is 5.56 Å². The summed E-state index contributed by atoms with van der Waals surface area (Å²) in [5.41, 5.74) is 1.42. The highest BCUT2D eigenvalue weighted by atomic mass is 16.5. The maximum atomic E-state index is 11.1. The van der Waals surface area contributed by atoms with Crippen LogP contribution < -0.4 is 0 Å². The van der Waals surface area contributed by atoms with Crippen LogP contribution in [0.4, 0.5) is 0 Å². The van der Waals surface area contributed by atoms with Crippen LogP contribution in [0.15, 0.2) is 30.9 Å². The lowest BCUT2D eigenvalue weighted by Gasteiger charge is -1.99. The summed E-state index contributed by atoms with van der Waals surface area (Å²) in [6.07, 6.45) is 5.14. The Morgan fingerprint density at radius 2 is 2.46 bits per heavy atom. The van der Waals surface area contributed by atoms with E-state index in [2.05, 4.69) is 9.72 Å². The molecular formula is C9H8N2O2.